The summed E-state index contributed by atoms with van der Waals surface area (Å²) in [5, 5.41) is 3.23. The van der Waals surface area contributed by atoms with Crippen molar-refractivity contribution in [3.05, 3.63) is 12.3 Å². The zero-order valence-electron chi connectivity index (χ0n) is 4.98. The second-order valence-electron chi connectivity index (χ2n) is 2.22. The molecule has 1 fully saturated rings. The van der Waals surface area contributed by atoms with Gasteiger partial charge >= 0.3 is 0 Å². The summed E-state index contributed by atoms with van der Waals surface area (Å²) in [5.41, 5.74) is 6.22. The molecule has 0 bridgehead atoms. The number of hydrogen-bond donors (Lipinski definition) is 2. The lowest BCUT2D eigenvalue weighted by Crippen LogP contribution is -2.26. The van der Waals surface area contributed by atoms with Gasteiger partial charge in [-0.3, -0.25) is 0 Å². The molecule has 1 saturated heterocycles. The van der Waals surface area contributed by atoms with E-state index in [1.165, 1.54) is 6.42 Å². The molecule has 0 amide bonds. The van der Waals surface area contributed by atoms with Crippen molar-refractivity contribution in [1.82, 2.24) is 5.32 Å². The third-order valence-corrected chi connectivity index (χ3v) is 1.51. The van der Waals surface area contributed by atoms with Crippen molar-refractivity contribution >= 4 is 0 Å². The van der Waals surface area contributed by atoms with E-state index in [0.29, 0.717) is 6.04 Å². The summed E-state index contributed by atoms with van der Waals surface area (Å²) in [6.07, 6.45) is 2.40. The molecule has 1 atom stereocenters. The number of rotatable bonds is 1. The third-order valence-electron chi connectivity index (χ3n) is 1.51. The van der Waals surface area contributed by atoms with Crippen LogP contribution in [0.3, 0.4) is 0 Å². The maximum absolute atomic E-state index is 5.44. The number of hydrogen-bond acceptors (Lipinski definition) is 2. The van der Waals surface area contributed by atoms with E-state index in [-0.39, 0.29) is 0 Å². The molecule has 2 heteroatoms. The van der Waals surface area contributed by atoms with Crippen LogP contribution >= 0.6 is 0 Å². The maximum atomic E-state index is 5.44. The van der Waals surface area contributed by atoms with Crippen LogP contribution in [0.4, 0.5) is 0 Å². The van der Waals surface area contributed by atoms with E-state index >= 15 is 0 Å². The molecule has 1 aliphatic heterocycles. The van der Waals surface area contributed by atoms with E-state index in [9.17, 15) is 0 Å². The Bertz CT molecular complexity index is 92.7. The standard InChI is InChI=1S/C6H12N2/c1-5(7)6-3-2-4-8-6/h6,8H,1-4,7H2/t6-/m0/s1. The quantitative estimate of drug-likeness (QED) is 0.509. The summed E-state index contributed by atoms with van der Waals surface area (Å²) in [6, 6.07) is 0.398. The molecule has 0 aromatic heterocycles. The fraction of sp³-hybridized carbons (Fsp3) is 0.667. The van der Waals surface area contributed by atoms with Crippen molar-refractivity contribution in [1.29, 1.82) is 0 Å². The third kappa shape index (κ3) is 1.01. The Labute approximate surface area is 49.8 Å². The molecule has 8 heavy (non-hydrogen) atoms. The van der Waals surface area contributed by atoms with Crippen molar-refractivity contribution < 1.29 is 0 Å². The molecule has 1 rings (SSSR count). The van der Waals surface area contributed by atoms with Gasteiger partial charge < -0.3 is 11.1 Å². The molecule has 0 radical (unpaired) electrons. The summed E-state index contributed by atoms with van der Waals surface area (Å²) in [6.45, 7) is 4.75. The molecule has 3 N–H and O–H groups in total. The molecule has 1 aliphatic rings. The van der Waals surface area contributed by atoms with Crippen LogP contribution in [0.15, 0.2) is 12.3 Å². The number of nitrogens with one attached hydrogen (secondary N) is 1. The van der Waals surface area contributed by atoms with Gasteiger partial charge in [0.15, 0.2) is 0 Å². The second kappa shape index (κ2) is 2.18. The first-order chi connectivity index (χ1) is 3.80. The highest BCUT2D eigenvalue weighted by molar-refractivity contribution is 5.01. The average Bonchev–Trinajstić information content (AvgIpc) is 2.12. The Morgan fingerprint density at radius 1 is 1.75 bits per heavy atom. The van der Waals surface area contributed by atoms with Gasteiger partial charge in [0.05, 0.1) is 0 Å². The van der Waals surface area contributed by atoms with Crippen molar-refractivity contribution in [2.24, 2.45) is 5.73 Å². The van der Waals surface area contributed by atoms with E-state index in [2.05, 4.69) is 11.9 Å². The van der Waals surface area contributed by atoms with Gasteiger partial charge in [-0.1, -0.05) is 6.58 Å². The second-order valence-corrected chi connectivity index (χ2v) is 2.22. The molecule has 0 unspecified atom stereocenters. The summed E-state index contributed by atoms with van der Waals surface area (Å²) in [5.74, 6) is 0. The van der Waals surface area contributed by atoms with Crippen LogP contribution in [-0.4, -0.2) is 12.6 Å². The van der Waals surface area contributed by atoms with Crippen molar-refractivity contribution in [3.63, 3.8) is 0 Å². The normalized spacial score (nSPS) is 28.2. The molecule has 1 heterocycles. The van der Waals surface area contributed by atoms with Crippen molar-refractivity contribution in [3.8, 4) is 0 Å². The summed E-state index contributed by atoms with van der Waals surface area (Å²) in [4.78, 5) is 0. The predicted octanol–water partition coefficient (Wildman–Crippen LogP) is 0.211. The van der Waals surface area contributed by atoms with E-state index in [0.717, 1.165) is 18.7 Å². The minimum Gasteiger partial charge on any atom is -0.401 e. The minimum absolute atomic E-state index is 0.398. The maximum Gasteiger partial charge on any atom is 0.0461 e. The van der Waals surface area contributed by atoms with Gasteiger partial charge in [0.1, 0.15) is 0 Å². The van der Waals surface area contributed by atoms with Crippen LogP contribution in [-0.2, 0) is 0 Å². The Morgan fingerprint density at radius 2 is 2.50 bits per heavy atom. The highest BCUT2D eigenvalue weighted by atomic mass is 15.0. The lowest BCUT2D eigenvalue weighted by Gasteiger charge is -2.06. The Hall–Kier alpha value is -0.500. The van der Waals surface area contributed by atoms with Crippen LogP contribution in [0.5, 0.6) is 0 Å². The van der Waals surface area contributed by atoms with E-state index in [4.69, 9.17) is 5.73 Å². The topological polar surface area (TPSA) is 38.0 Å². The van der Waals surface area contributed by atoms with E-state index < -0.39 is 0 Å². The average molecular weight is 112 g/mol. The van der Waals surface area contributed by atoms with Crippen LogP contribution in [0.1, 0.15) is 12.8 Å². The smallest absolute Gasteiger partial charge is 0.0461 e. The van der Waals surface area contributed by atoms with Crippen molar-refractivity contribution in [2.45, 2.75) is 18.9 Å². The summed E-state index contributed by atoms with van der Waals surface area (Å²) < 4.78 is 0. The predicted molar refractivity (Wildman–Crippen MR) is 34.4 cm³/mol. The molecule has 0 spiro atoms. The Balaban J connectivity index is 2.35. The first-order valence-electron chi connectivity index (χ1n) is 2.98. The Morgan fingerprint density at radius 3 is 2.75 bits per heavy atom. The molecule has 0 aromatic carbocycles. The van der Waals surface area contributed by atoms with Gasteiger partial charge in [-0.2, -0.15) is 0 Å². The van der Waals surface area contributed by atoms with Gasteiger partial charge in [-0.25, -0.2) is 0 Å². The molecule has 0 aromatic rings. The lowest BCUT2D eigenvalue weighted by atomic mass is 10.2. The van der Waals surface area contributed by atoms with Gasteiger partial charge in [0.25, 0.3) is 0 Å². The molecule has 0 aliphatic carbocycles. The Kier molecular flexibility index (Phi) is 1.53. The van der Waals surface area contributed by atoms with Crippen LogP contribution in [0.2, 0.25) is 0 Å². The SMILES string of the molecule is C=C(N)[C@@H]1CCCN1. The fourth-order valence-corrected chi connectivity index (χ4v) is 1.00. The summed E-state index contributed by atoms with van der Waals surface area (Å²) >= 11 is 0. The molecule has 2 nitrogen and oxygen atoms in total. The largest absolute Gasteiger partial charge is 0.401 e. The molecule has 0 saturated carbocycles. The fourth-order valence-electron chi connectivity index (χ4n) is 1.00. The zero-order valence-corrected chi connectivity index (χ0v) is 4.98. The zero-order chi connectivity index (χ0) is 5.98. The van der Waals surface area contributed by atoms with Gasteiger partial charge in [0, 0.05) is 11.7 Å². The van der Waals surface area contributed by atoms with Gasteiger partial charge in [-0.15, -0.1) is 0 Å². The first-order valence-corrected chi connectivity index (χ1v) is 2.98. The highest BCUT2D eigenvalue weighted by Crippen LogP contribution is 2.07. The molecular weight excluding hydrogens is 100 g/mol. The number of nitrogens with two attached hydrogens (primary N) is 1. The van der Waals surface area contributed by atoms with Crippen LogP contribution in [0, 0.1) is 0 Å². The van der Waals surface area contributed by atoms with Gasteiger partial charge in [0.2, 0.25) is 0 Å². The summed E-state index contributed by atoms with van der Waals surface area (Å²) in [7, 11) is 0. The van der Waals surface area contributed by atoms with E-state index in [1.807, 2.05) is 0 Å². The van der Waals surface area contributed by atoms with Crippen LogP contribution < -0.4 is 11.1 Å². The highest BCUT2D eigenvalue weighted by Gasteiger charge is 2.13. The monoisotopic (exact) mass is 112 g/mol. The minimum atomic E-state index is 0.398. The van der Waals surface area contributed by atoms with Crippen LogP contribution in [0.25, 0.3) is 0 Å². The first kappa shape index (κ1) is 5.63. The molecular formula is C6H12N2. The molecule has 46 valence electrons. The van der Waals surface area contributed by atoms with Gasteiger partial charge in [-0.05, 0) is 19.4 Å². The van der Waals surface area contributed by atoms with Crippen molar-refractivity contribution in [2.75, 3.05) is 6.54 Å². The van der Waals surface area contributed by atoms with E-state index in [1.54, 1.807) is 0 Å². The lowest BCUT2D eigenvalue weighted by molar-refractivity contribution is 0.684.